The highest BCUT2D eigenvalue weighted by atomic mass is 15.0. The molecule has 0 atom stereocenters. The van der Waals surface area contributed by atoms with Crippen molar-refractivity contribution < 1.29 is 0 Å². The highest BCUT2D eigenvalue weighted by Gasteiger charge is 2.18. The Morgan fingerprint density at radius 1 is 0.349 bits per heavy atom. The molecule has 0 spiro atoms. The summed E-state index contributed by atoms with van der Waals surface area (Å²) in [5, 5.41) is 2.39. The van der Waals surface area contributed by atoms with Gasteiger partial charge in [-0.2, -0.15) is 0 Å². The van der Waals surface area contributed by atoms with Crippen molar-refractivity contribution in [3.05, 3.63) is 158 Å². The van der Waals surface area contributed by atoms with Crippen LogP contribution in [-0.4, -0.2) is 19.5 Å². The third kappa shape index (κ3) is 4.46. The van der Waals surface area contributed by atoms with E-state index in [1.807, 2.05) is 60.7 Å². The topological polar surface area (TPSA) is 43.6 Å². The zero-order valence-electron chi connectivity index (χ0n) is 23.3. The van der Waals surface area contributed by atoms with Gasteiger partial charge in [0.2, 0.25) is 0 Å². The minimum Gasteiger partial charge on any atom is -0.309 e. The minimum absolute atomic E-state index is 0.641. The van der Waals surface area contributed by atoms with Crippen LogP contribution in [0.2, 0.25) is 0 Å². The summed E-state index contributed by atoms with van der Waals surface area (Å²) in [6, 6.07) is 54.5. The fourth-order valence-electron chi connectivity index (χ4n) is 5.84. The van der Waals surface area contributed by atoms with Gasteiger partial charge in [-0.05, 0) is 23.8 Å². The maximum Gasteiger partial charge on any atom is 0.164 e. The number of nitrogens with zero attached hydrogens (tertiary/aromatic N) is 4. The summed E-state index contributed by atoms with van der Waals surface area (Å²) in [5.41, 5.74) is 8.58. The lowest BCUT2D eigenvalue weighted by Crippen LogP contribution is -2.00. The molecular weight excluding hydrogens is 524 g/mol. The molecule has 0 aliphatic heterocycles. The number of rotatable bonds is 5. The van der Waals surface area contributed by atoms with Crippen LogP contribution < -0.4 is 0 Å². The molecule has 8 rings (SSSR count). The number of aromatic nitrogens is 4. The lowest BCUT2D eigenvalue weighted by atomic mass is 10.0. The molecule has 6 aromatic carbocycles. The second-order valence-corrected chi connectivity index (χ2v) is 10.5. The second kappa shape index (κ2) is 10.5. The SMILES string of the molecule is c1ccc(-c2nc(-c3ccccc3)nc(-c3ccc4c5ccccc5n(-c5ccccc5-c5ccccc5)c4c3)n2)cc1. The van der Waals surface area contributed by atoms with E-state index in [9.17, 15) is 0 Å². The predicted molar refractivity (Wildman–Crippen MR) is 176 cm³/mol. The van der Waals surface area contributed by atoms with Crippen LogP contribution in [-0.2, 0) is 0 Å². The zero-order valence-corrected chi connectivity index (χ0v) is 23.3. The number of benzene rings is 6. The number of hydrogen-bond acceptors (Lipinski definition) is 3. The normalized spacial score (nSPS) is 11.3. The largest absolute Gasteiger partial charge is 0.309 e. The Balaban J connectivity index is 1.39. The van der Waals surface area contributed by atoms with Crippen LogP contribution in [0.4, 0.5) is 0 Å². The van der Waals surface area contributed by atoms with E-state index in [1.165, 1.54) is 21.9 Å². The molecule has 0 saturated heterocycles. The molecular formula is C39H26N4. The fourth-order valence-corrected chi connectivity index (χ4v) is 5.84. The van der Waals surface area contributed by atoms with Gasteiger partial charge < -0.3 is 4.57 Å². The summed E-state index contributed by atoms with van der Waals surface area (Å²) in [6.45, 7) is 0. The molecule has 0 aliphatic rings. The van der Waals surface area contributed by atoms with E-state index in [0.29, 0.717) is 17.5 Å². The van der Waals surface area contributed by atoms with Gasteiger partial charge in [-0.1, -0.05) is 140 Å². The molecule has 202 valence electrons. The molecule has 0 unspecified atom stereocenters. The van der Waals surface area contributed by atoms with Crippen LogP contribution in [0.15, 0.2) is 158 Å². The van der Waals surface area contributed by atoms with Crippen LogP contribution in [0.3, 0.4) is 0 Å². The first-order valence-electron chi connectivity index (χ1n) is 14.4. The molecule has 8 aromatic rings. The highest BCUT2D eigenvalue weighted by Crippen LogP contribution is 2.37. The Labute approximate surface area is 249 Å². The predicted octanol–water partition coefficient (Wildman–Crippen LogP) is 9.64. The lowest BCUT2D eigenvalue weighted by molar-refractivity contribution is 1.07. The van der Waals surface area contributed by atoms with Crippen molar-refractivity contribution in [2.24, 2.45) is 0 Å². The molecule has 0 radical (unpaired) electrons. The molecule has 2 aromatic heterocycles. The third-order valence-corrected chi connectivity index (χ3v) is 7.86. The van der Waals surface area contributed by atoms with Crippen molar-refractivity contribution in [1.82, 2.24) is 19.5 Å². The van der Waals surface area contributed by atoms with Gasteiger partial charge in [-0.25, -0.2) is 15.0 Å². The molecule has 43 heavy (non-hydrogen) atoms. The standard InChI is InChI=1S/C39H26N4/c1-4-14-27(15-5-1)31-20-10-12-22-34(31)43-35-23-13-11-21-32(35)33-25-24-30(26-36(33)43)39-41-37(28-16-6-2-7-17-28)40-38(42-39)29-18-8-3-9-19-29/h1-26H. The van der Waals surface area contributed by atoms with Gasteiger partial charge in [0.05, 0.1) is 16.7 Å². The maximum atomic E-state index is 5.00. The van der Waals surface area contributed by atoms with E-state index < -0.39 is 0 Å². The summed E-state index contributed by atoms with van der Waals surface area (Å²) in [4.78, 5) is 14.9. The molecule has 0 fully saturated rings. The second-order valence-electron chi connectivity index (χ2n) is 10.5. The average Bonchev–Trinajstić information content (AvgIpc) is 3.43. The lowest BCUT2D eigenvalue weighted by Gasteiger charge is -2.14. The number of fused-ring (bicyclic) bond motifs is 3. The van der Waals surface area contributed by atoms with E-state index in [0.717, 1.165) is 33.4 Å². The van der Waals surface area contributed by atoms with Crippen LogP contribution in [0.1, 0.15) is 0 Å². The summed E-state index contributed by atoms with van der Waals surface area (Å²) in [6.07, 6.45) is 0. The molecule has 0 N–H and O–H groups in total. The Morgan fingerprint density at radius 3 is 1.49 bits per heavy atom. The molecule has 4 nitrogen and oxygen atoms in total. The van der Waals surface area contributed by atoms with Crippen molar-refractivity contribution >= 4 is 21.8 Å². The maximum absolute atomic E-state index is 5.00. The van der Waals surface area contributed by atoms with Crippen molar-refractivity contribution in [1.29, 1.82) is 0 Å². The van der Waals surface area contributed by atoms with Crippen molar-refractivity contribution in [2.75, 3.05) is 0 Å². The van der Waals surface area contributed by atoms with Gasteiger partial charge >= 0.3 is 0 Å². The monoisotopic (exact) mass is 550 g/mol. The van der Waals surface area contributed by atoms with Gasteiger partial charge in [-0.3, -0.25) is 0 Å². The van der Waals surface area contributed by atoms with Crippen LogP contribution in [0, 0.1) is 0 Å². The van der Waals surface area contributed by atoms with Gasteiger partial charge in [0, 0.05) is 33.0 Å². The average molecular weight is 551 g/mol. The minimum atomic E-state index is 0.641. The smallest absolute Gasteiger partial charge is 0.164 e. The first kappa shape index (κ1) is 24.9. The van der Waals surface area contributed by atoms with E-state index in [2.05, 4.69) is 102 Å². The molecule has 0 aliphatic carbocycles. The first-order valence-corrected chi connectivity index (χ1v) is 14.4. The molecule has 2 heterocycles. The van der Waals surface area contributed by atoms with Gasteiger partial charge in [0.1, 0.15) is 0 Å². The zero-order chi connectivity index (χ0) is 28.6. The van der Waals surface area contributed by atoms with E-state index in [4.69, 9.17) is 15.0 Å². The molecule has 4 heteroatoms. The third-order valence-electron chi connectivity index (χ3n) is 7.86. The quantitative estimate of drug-likeness (QED) is 0.214. The van der Waals surface area contributed by atoms with Gasteiger partial charge in [0.25, 0.3) is 0 Å². The van der Waals surface area contributed by atoms with Crippen molar-refractivity contribution in [2.45, 2.75) is 0 Å². The van der Waals surface area contributed by atoms with Crippen molar-refractivity contribution in [3.63, 3.8) is 0 Å². The first-order chi connectivity index (χ1) is 21.3. The Kier molecular flexibility index (Phi) is 6.08. The van der Waals surface area contributed by atoms with Crippen molar-refractivity contribution in [3.8, 4) is 51.0 Å². The Bertz CT molecular complexity index is 2160. The van der Waals surface area contributed by atoms with E-state index in [-0.39, 0.29) is 0 Å². The molecule has 0 amide bonds. The Hall–Kier alpha value is -5.87. The number of hydrogen-bond donors (Lipinski definition) is 0. The van der Waals surface area contributed by atoms with Gasteiger partial charge in [0.15, 0.2) is 17.5 Å². The Morgan fingerprint density at radius 2 is 0.837 bits per heavy atom. The van der Waals surface area contributed by atoms with Gasteiger partial charge in [-0.15, -0.1) is 0 Å². The highest BCUT2D eigenvalue weighted by molar-refractivity contribution is 6.10. The molecule has 0 saturated carbocycles. The summed E-state index contributed by atoms with van der Waals surface area (Å²) in [7, 11) is 0. The summed E-state index contributed by atoms with van der Waals surface area (Å²) >= 11 is 0. The summed E-state index contributed by atoms with van der Waals surface area (Å²) < 4.78 is 2.37. The summed E-state index contributed by atoms with van der Waals surface area (Å²) in [5.74, 6) is 1.95. The van der Waals surface area contributed by atoms with E-state index in [1.54, 1.807) is 0 Å². The molecule has 0 bridgehead atoms. The van der Waals surface area contributed by atoms with Crippen LogP contribution in [0.5, 0.6) is 0 Å². The number of para-hydroxylation sites is 2. The van der Waals surface area contributed by atoms with E-state index >= 15 is 0 Å². The fraction of sp³-hybridized carbons (Fsp3) is 0. The van der Waals surface area contributed by atoms with Crippen LogP contribution >= 0.6 is 0 Å². The van der Waals surface area contributed by atoms with Crippen LogP contribution in [0.25, 0.3) is 72.8 Å².